The summed E-state index contributed by atoms with van der Waals surface area (Å²) in [6, 6.07) is 8.00. The van der Waals surface area contributed by atoms with Crippen molar-refractivity contribution < 1.29 is 0 Å². The van der Waals surface area contributed by atoms with E-state index in [1.54, 1.807) is 11.3 Å². The summed E-state index contributed by atoms with van der Waals surface area (Å²) in [6.45, 7) is 1.81. The quantitative estimate of drug-likeness (QED) is 0.833. The van der Waals surface area contributed by atoms with Crippen molar-refractivity contribution in [3.05, 3.63) is 50.1 Å². The number of benzene rings is 1. The Kier molecular flexibility index (Phi) is 5.11. The second-order valence-electron chi connectivity index (χ2n) is 4.54. The fraction of sp³-hybridized carbons (Fsp3) is 0.286. The molecule has 0 unspecified atom stereocenters. The average Bonchev–Trinajstić information content (AvgIpc) is 2.86. The molecule has 1 heterocycles. The predicted octanol–water partition coefficient (Wildman–Crippen LogP) is 4.31. The molecule has 0 saturated carbocycles. The van der Waals surface area contributed by atoms with Crippen molar-refractivity contribution >= 4 is 40.2 Å². The zero-order valence-corrected chi connectivity index (χ0v) is 13.0. The van der Waals surface area contributed by atoms with Crippen molar-refractivity contribution in [3.8, 4) is 0 Å². The topological polar surface area (TPSA) is 29.3 Å². The highest BCUT2D eigenvalue weighted by atomic mass is 35.5. The number of nitrogens with zero attached hydrogens (tertiary/aromatic N) is 1. The van der Waals surface area contributed by atoms with Gasteiger partial charge in [0, 0.05) is 18.0 Å². The zero-order chi connectivity index (χ0) is 13.8. The Morgan fingerprint density at radius 1 is 1.26 bits per heavy atom. The minimum atomic E-state index is 0.452. The smallest absolute Gasteiger partial charge is 0.0693 e. The Bertz CT molecular complexity index is 517. The van der Waals surface area contributed by atoms with Crippen LogP contribution < -0.4 is 5.73 Å². The van der Waals surface area contributed by atoms with E-state index in [4.69, 9.17) is 28.9 Å². The van der Waals surface area contributed by atoms with Crippen LogP contribution >= 0.6 is 34.5 Å². The lowest BCUT2D eigenvalue weighted by Crippen LogP contribution is -2.20. The molecule has 0 radical (unpaired) electrons. The van der Waals surface area contributed by atoms with Crippen molar-refractivity contribution in [2.45, 2.75) is 13.0 Å². The van der Waals surface area contributed by atoms with Crippen LogP contribution in [0, 0.1) is 0 Å². The maximum Gasteiger partial charge on any atom is 0.0693 e. The van der Waals surface area contributed by atoms with Gasteiger partial charge in [0.25, 0.3) is 0 Å². The molecule has 0 aliphatic carbocycles. The zero-order valence-electron chi connectivity index (χ0n) is 10.7. The molecular formula is C14H16Cl2N2S. The molecule has 0 atom stereocenters. The van der Waals surface area contributed by atoms with E-state index in [2.05, 4.69) is 29.5 Å². The molecule has 0 amide bonds. The Hall–Kier alpha value is -0.740. The first-order valence-electron chi connectivity index (χ1n) is 6.00. The summed E-state index contributed by atoms with van der Waals surface area (Å²) in [5, 5.41) is 3.15. The van der Waals surface area contributed by atoms with Crippen molar-refractivity contribution in [2.24, 2.45) is 0 Å². The summed E-state index contributed by atoms with van der Waals surface area (Å²) < 4.78 is 0. The van der Waals surface area contributed by atoms with Gasteiger partial charge in [-0.05, 0) is 42.6 Å². The first kappa shape index (κ1) is 14.7. The van der Waals surface area contributed by atoms with E-state index in [0.717, 1.165) is 25.1 Å². The molecule has 0 saturated heterocycles. The fourth-order valence-electron chi connectivity index (χ4n) is 1.87. The number of thiophene rings is 1. The highest BCUT2D eigenvalue weighted by Crippen LogP contribution is 2.29. The van der Waals surface area contributed by atoms with Gasteiger partial charge in [0.05, 0.1) is 15.7 Å². The maximum absolute atomic E-state index is 6.03. The van der Waals surface area contributed by atoms with Gasteiger partial charge in [0.15, 0.2) is 0 Å². The van der Waals surface area contributed by atoms with E-state index in [1.165, 1.54) is 4.88 Å². The van der Waals surface area contributed by atoms with Gasteiger partial charge in [-0.25, -0.2) is 0 Å². The van der Waals surface area contributed by atoms with E-state index in [9.17, 15) is 0 Å². The van der Waals surface area contributed by atoms with Gasteiger partial charge in [-0.1, -0.05) is 29.3 Å². The van der Waals surface area contributed by atoms with E-state index in [0.29, 0.717) is 15.7 Å². The minimum absolute atomic E-state index is 0.452. The standard InChI is InChI=1S/C14H16Cl2N2S/c1-18(5-4-11-3-2-6-19-11)9-10-7-12(15)14(17)13(16)8-10/h2-3,6-8H,4-5,9,17H2,1H3. The van der Waals surface area contributed by atoms with Gasteiger partial charge in [-0.15, -0.1) is 11.3 Å². The molecule has 2 aromatic rings. The van der Waals surface area contributed by atoms with Gasteiger partial charge in [0.1, 0.15) is 0 Å². The van der Waals surface area contributed by atoms with Gasteiger partial charge in [0.2, 0.25) is 0 Å². The summed E-state index contributed by atoms with van der Waals surface area (Å²) in [5.41, 5.74) is 7.26. The first-order valence-corrected chi connectivity index (χ1v) is 7.64. The lowest BCUT2D eigenvalue weighted by molar-refractivity contribution is 0.332. The highest BCUT2D eigenvalue weighted by molar-refractivity contribution is 7.09. The van der Waals surface area contributed by atoms with Crippen LogP contribution in [0.1, 0.15) is 10.4 Å². The molecule has 2 nitrogen and oxygen atoms in total. The summed E-state index contributed by atoms with van der Waals surface area (Å²) in [4.78, 5) is 3.65. The normalized spacial score (nSPS) is 11.2. The molecule has 0 spiro atoms. The van der Waals surface area contributed by atoms with Crippen LogP contribution in [-0.4, -0.2) is 18.5 Å². The Morgan fingerprint density at radius 2 is 1.95 bits per heavy atom. The molecule has 19 heavy (non-hydrogen) atoms. The molecule has 0 aliphatic rings. The molecule has 0 bridgehead atoms. The lowest BCUT2D eigenvalue weighted by atomic mass is 10.2. The molecule has 2 rings (SSSR count). The van der Waals surface area contributed by atoms with Crippen LogP contribution in [0.5, 0.6) is 0 Å². The van der Waals surface area contributed by atoms with Crippen molar-refractivity contribution in [3.63, 3.8) is 0 Å². The number of likely N-dealkylation sites (N-methyl/N-ethyl adjacent to an activating group) is 1. The number of anilines is 1. The van der Waals surface area contributed by atoms with Crippen LogP contribution in [0.25, 0.3) is 0 Å². The monoisotopic (exact) mass is 314 g/mol. The third-order valence-electron chi connectivity index (χ3n) is 2.91. The first-order chi connectivity index (χ1) is 9.06. The summed E-state index contributed by atoms with van der Waals surface area (Å²) in [7, 11) is 2.09. The van der Waals surface area contributed by atoms with Crippen molar-refractivity contribution in [2.75, 3.05) is 19.3 Å². The highest BCUT2D eigenvalue weighted by Gasteiger charge is 2.07. The molecule has 2 N–H and O–H groups in total. The summed E-state index contributed by atoms with van der Waals surface area (Å²) >= 11 is 13.9. The predicted molar refractivity (Wildman–Crippen MR) is 85.2 cm³/mol. The molecule has 5 heteroatoms. The summed E-state index contributed by atoms with van der Waals surface area (Å²) in [5.74, 6) is 0. The van der Waals surface area contributed by atoms with Gasteiger partial charge >= 0.3 is 0 Å². The second kappa shape index (κ2) is 6.62. The largest absolute Gasteiger partial charge is 0.396 e. The van der Waals surface area contributed by atoms with Crippen LogP contribution in [0.4, 0.5) is 5.69 Å². The van der Waals surface area contributed by atoms with E-state index < -0.39 is 0 Å². The van der Waals surface area contributed by atoms with Gasteiger partial charge < -0.3 is 10.6 Å². The molecular weight excluding hydrogens is 299 g/mol. The maximum atomic E-state index is 6.03. The molecule has 102 valence electrons. The molecule has 0 fully saturated rings. The number of hydrogen-bond donors (Lipinski definition) is 1. The number of hydrogen-bond acceptors (Lipinski definition) is 3. The Balaban J connectivity index is 1.93. The Labute approximate surface area is 127 Å². The van der Waals surface area contributed by atoms with Gasteiger partial charge in [-0.3, -0.25) is 0 Å². The third-order valence-corrected chi connectivity index (χ3v) is 4.47. The SMILES string of the molecule is CN(CCc1cccs1)Cc1cc(Cl)c(N)c(Cl)c1. The third kappa shape index (κ3) is 4.11. The van der Waals surface area contributed by atoms with E-state index in [-0.39, 0.29) is 0 Å². The molecule has 1 aromatic heterocycles. The van der Waals surface area contributed by atoms with E-state index in [1.807, 2.05) is 12.1 Å². The van der Waals surface area contributed by atoms with Crippen LogP contribution in [-0.2, 0) is 13.0 Å². The van der Waals surface area contributed by atoms with Crippen LogP contribution in [0.3, 0.4) is 0 Å². The number of nitrogen functional groups attached to an aromatic ring is 1. The fourth-order valence-corrected chi connectivity index (χ4v) is 3.11. The Morgan fingerprint density at radius 3 is 2.53 bits per heavy atom. The van der Waals surface area contributed by atoms with Crippen molar-refractivity contribution in [1.29, 1.82) is 0 Å². The van der Waals surface area contributed by atoms with Gasteiger partial charge in [-0.2, -0.15) is 0 Å². The molecule has 1 aromatic carbocycles. The van der Waals surface area contributed by atoms with Crippen LogP contribution in [0.15, 0.2) is 29.6 Å². The number of rotatable bonds is 5. The number of nitrogens with two attached hydrogens (primary N) is 1. The van der Waals surface area contributed by atoms with E-state index >= 15 is 0 Å². The average molecular weight is 315 g/mol. The lowest BCUT2D eigenvalue weighted by Gasteiger charge is -2.17. The van der Waals surface area contributed by atoms with Crippen molar-refractivity contribution in [1.82, 2.24) is 4.90 Å². The second-order valence-corrected chi connectivity index (χ2v) is 6.39. The van der Waals surface area contributed by atoms with Crippen LogP contribution in [0.2, 0.25) is 10.0 Å². The molecule has 0 aliphatic heterocycles. The minimum Gasteiger partial charge on any atom is -0.396 e. The summed E-state index contributed by atoms with van der Waals surface area (Å²) in [6.07, 6.45) is 1.06. The number of halogens is 2.